The molecule has 3 aromatic rings. The minimum atomic E-state index is -0.673. The van der Waals surface area contributed by atoms with Gasteiger partial charge in [-0.15, -0.1) is 0 Å². The second-order valence-corrected chi connectivity index (χ2v) is 9.16. The highest BCUT2D eigenvalue weighted by Crippen LogP contribution is 2.35. The van der Waals surface area contributed by atoms with Crippen molar-refractivity contribution in [3.05, 3.63) is 71.5 Å². The first kappa shape index (κ1) is 23.6. The average molecular weight is 474 g/mol. The molecule has 2 aromatic carbocycles. The Labute approximate surface area is 202 Å². The molecule has 0 aliphatic carbocycles. The molecule has 2 heterocycles. The molecule has 4 rings (SSSR count). The Hall–Kier alpha value is -4.53. The molecule has 0 saturated heterocycles. The van der Waals surface area contributed by atoms with Crippen LogP contribution in [0.5, 0.6) is 0 Å². The van der Waals surface area contributed by atoms with Crippen molar-refractivity contribution in [3.8, 4) is 11.1 Å². The minimum absolute atomic E-state index is 0.228. The summed E-state index contributed by atoms with van der Waals surface area (Å²) in [5.74, 6) is -0.228. The van der Waals surface area contributed by atoms with E-state index in [1.54, 1.807) is 24.3 Å². The fraction of sp³-hybridized carbons (Fsp3) is 0.192. The third-order valence-corrected chi connectivity index (χ3v) is 5.20. The van der Waals surface area contributed by atoms with E-state index < -0.39 is 17.7 Å². The molecule has 0 spiro atoms. The summed E-state index contributed by atoms with van der Waals surface area (Å²) in [5.41, 5.74) is 10.6. The van der Waals surface area contributed by atoms with Crippen molar-refractivity contribution in [2.75, 3.05) is 10.6 Å². The van der Waals surface area contributed by atoms with Crippen LogP contribution in [0.1, 0.15) is 37.6 Å². The van der Waals surface area contributed by atoms with E-state index in [0.29, 0.717) is 29.1 Å². The van der Waals surface area contributed by atoms with E-state index in [9.17, 15) is 14.4 Å². The van der Waals surface area contributed by atoms with Gasteiger partial charge in [0.1, 0.15) is 5.60 Å². The number of H-pyrrole nitrogens is 1. The molecule has 1 aromatic heterocycles. The van der Waals surface area contributed by atoms with Gasteiger partial charge in [-0.3, -0.25) is 4.79 Å². The number of benzene rings is 2. The first-order valence-electron chi connectivity index (χ1n) is 11.1. The molecule has 6 N–H and O–H groups in total. The zero-order chi connectivity index (χ0) is 25.2. The fourth-order valence-electron chi connectivity index (χ4n) is 3.67. The second kappa shape index (κ2) is 9.38. The van der Waals surface area contributed by atoms with Crippen molar-refractivity contribution in [3.63, 3.8) is 0 Å². The Balaban J connectivity index is 1.47. The van der Waals surface area contributed by atoms with Crippen molar-refractivity contribution in [1.82, 2.24) is 10.3 Å². The zero-order valence-corrected chi connectivity index (χ0v) is 19.7. The summed E-state index contributed by atoms with van der Waals surface area (Å²) in [7, 11) is 0. The number of carbonyl (C=O) groups is 3. The van der Waals surface area contributed by atoms with Gasteiger partial charge in [-0.2, -0.15) is 0 Å². The summed E-state index contributed by atoms with van der Waals surface area (Å²) in [6.45, 7) is 5.82. The maximum Gasteiger partial charge on any atom is 0.407 e. The molecule has 9 heteroatoms. The number of nitrogens with two attached hydrogens (primary N) is 1. The van der Waals surface area contributed by atoms with Crippen LogP contribution >= 0.6 is 0 Å². The monoisotopic (exact) mass is 473 g/mol. The predicted octanol–water partition coefficient (Wildman–Crippen LogP) is 4.69. The molecule has 0 bridgehead atoms. The Morgan fingerprint density at radius 2 is 1.80 bits per heavy atom. The molecule has 0 saturated carbocycles. The molecule has 180 valence electrons. The number of hydrogen-bond donors (Lipinski definition) is 5. The van der Waals surface area contributed by atoms with Gasteiger partial charge in [-0.1, -0.05) is 24.3 Å². The fourth-order valence-corrected chi connectivity index (χ4v) is 3.67. The molecule has 0 unspecified atom stereocenters. The second-order valence-electron chi connectivity index (χ2n) is 9.16. The first-order chi connectivity index (χ1) is 16.6. The lowest BCUT2D eigenvalue weighted by Crippen LogP contribution is -2.32. The van der Waals surface area contributed by atoms with Gasteiger partial charge in [-0.25, -0.2) is 9.59 Å². The van der Waals surface area contributed by atoms with Crippen molar-refractivity contribution >= 4 is 41.1 Å². The number of aromatic nitrogens is 1. The van der Waals surface area contributed by atoms with Crippen LogP contribution in [0.15, 0.2) is 54.7 Å². The van der Waals surface area contributed by atoms with Gasteiger partial charge in [0.2, 0.25) is 0 Å². The van der Waals surface area contributed by atoms with Crippen LogP contribution in [0.2, 0.25) is 0 Å². The van der Waals surface area contributed by atoms with E-state index in [0.717, 1.165) is 22.4 Å². The Kier molecular flexibility index (Phi) is 6.33. The summed E-state index contributed by atoms with van der Waals surface area (Å²) in [6.07, 6.45) is 3.16. The zero-order valence-electron chi connectivity index (χ0n) is 19.7. The van der Waals surface area contributed by atoms with Crippen molar-refractivity contribution in [2.45, 2.75) is 32.9 Å². The Bertz CT molecular complexity index is 1320. The Morgan fingerprint density at radius 3 is 2.49 bits per heavy atom. The smallest absolute Gasteiger partial charge is 0.407 e. The van der Waals surface area contributed by atoms with Gasteiger partial charge in [0, 0.05) is 35.4 Å². The molecular formula is C26H27N5O4. The van der Waals surface area contributed by atoms with Crippen LogP contribution in [0, 0.1) is 0 Å². The highest BCUT2D eigenvalue weighted by Gasteiger charge is 2.24. The maximum atomic E-state index is 12.5. The number of carbonyl (C=O) groups excluding carboxylic acids is 3. The van der Waals surface area contributed by atoms with Crippen LogP contribution in [0.25, 0.3) is 22.8 Å². The number of ether oxygens (including phenoxy) is 1. The molecule has 4 amide bonds. The normalized spacial score (nSPS) is 13.8. The van der Waals surface area contributed by atoms with Crippen molar-refractivity contribution < 1.29 is 19.1 Å². The quantitative estimate of drug-likeness (QED) is 0.343. The number of aromatic amines is 1. The van der Waals surface area contributed by atoms with E-state index in [1.807, 2.05) is 57.3 Å². The molecule has 0 radical (unpaired) electrons. The van der Waals surface area contributed by atoms with Gasteiger partial charge in [0.25, 0.3) is 5.91 Å². The topological polar surface area (TPSA) is 138 Å². The summed E-state index contributed by atoms with van der Waals surface area (Å²) in [6, 6.07) is 14.2. The van der Waals surface area contributed by atoms with E-state index >= 15 is 0 Å². The average Bonchev–Trinajstić information content (AvgIpc) is 3.36. The number of urea groups is 1. The van der Waals surface area contributed by atoms with Crippen molar-refractivity contribution in [2.24, 2.45) is 5.73 Å². The number of alkyl carbamates (subject to hydrolysis) is 1. The highest BCUT2D eigenvalue weighted by atomic mass is 16.6. The van der Waals surface area contributed by atoms with Crippen LogP contribution in [-0.4, -0.2) is 28.6 Å². The first-order valence-corrected chi connectivity index (χ1v) is 11.1. The van der Waals surface area contributed by atoms with Gasteiger partial charge < -0.3 is 31.4 Å². The number of hydrogen-bond acceptors (Lipinski definition) is 4. The van der Waals surface area contributed by atoms with Crippen LogP contribution in [-0.2, 0) is 16.1 Å². The SMILES string of the molecule is CC(C)(C)OC(=O)NCc1ccc(-c2c[nH]c(C=C3C(=O)Nc4ccc(NC(N)=O)cc43)c2)cc1. The van der Waals surface area contributed by atoms with Crippen LogP contribution in [0.4, 0.5) is 21.0 Å². The molecule has 0 atom stereocenters. The standard InChI is InChI=1S/C26H27N5O4/c1-26(2,3)35-25(34)29-13-15-4-6-16(7-5-15)17-10-19(28-14-17)12-21-20-11-18(30-24(27)33)8-9-22(20)31-23(21)32/h4-12,14,28H,13H2,1-3H3,(H,29,34)(H,31,32)(H3,27,30,33). The van der Waals surface area contributed by atoms with E-state index in [4.69, 9.17) is 10.5 Å². The molecule has 1 aliphatic heterocycles. The lowest BCUT2D eigenvalue weighted by Gasteiger charge is -2.19. The lowest BCUT2D eigenvalue weighted by atomic mass is 10.0. The number of fused-ring (bicyclic) bond motifs is 1. The summed E-state index contributed by atoms with van der Waals surface area (Å²) < 4.78 is 5.25. The van der Waals surface area contributed by atoms with Crippen molar-refractivity contribution in [1.29, 1.82) is 0 Å². The molecule has 1 aliphatic rings. The van der Waals surface area contributed by atoms with E-state index in [1.165, 1.54) is 0 Å². The van der Waals surface area contributed by atoms with Gasteiger partial charge in [0.05, 0.1) is 5.57 Å². The van der Waals surface area contributed by atoms with E-state index in [2.05, 4.69) is 20.9 Å². The minimum Gasteiger partial charge on any atom is -0.444 e. The predicted molar refractivity (Wildman–Crippen MR) is 135 cm³/mol. The number of anilines is 2. The van der Waals surface area contributed by atoms with Crippen LogP contribution in [0.3, 0.4) is 0 Å². The number of nitrogens with one attached hydrogen (secondary N) is 4. The maximum absolute atomic E-state index is 12.5. The third-order valence-electron chi connectivity index (χ3n) is 5.20. The molecule has 35 heavy (non-hydrogen) atoms. The van der Waals surface area contributed by atoms with Gasteiger partial charge in [-0.05, 0) is 67.8 Å². The van der Waals surface area contributed by atoms with Crippen LogP contribution < -0.4 is 21.7 Å². The van der Waals surface area contributed by atoms with E-state index in [-0.39, 0.29) is 5.91 Å². The number of primary amides is 1. The number of rotatable bonds is 5. The molecule has 0 fully saturated rings. The number of amides is 4. The molecule has 9 nitrogen and oxygen atoms in total. The summed E-state index contributed by atoms with van der Waals surface area (Å²) in [4.78, 5) is 38.7. The highest BCUT2D eigenvalue weighted by molar-refractivity contribution is 6.35. The largest absolute Gasteiger partial charge is 0.444 e. The Morgan fingerprint density at radius 1 is 1.06 bits per heavy atom. The lowest BCUT2D eigenvalue weighted by molar-refractivity contribution is -0.110. The summed E-state index contributed by atoms with van der Waals surface area (Å²) >= 11 is 0. The van der Waals surface area contributed by atoms with Gasteiger partial charge >= 0.3 is 12.1 Å². The third kappa shape index (κ3) is 5.89. The summed E-state index contributed by atoms with van der Waals surface area (Å²) in [5, 5.41) is 8.09. The van der Waals surface area contributed by atoms with Gasteiger partial charge in [0.15, 0.2) is 0 Å². The molecular weight excluding hydrogens is 446 g/mol.